The highest BCUT2D eigenvalue weighted by molar-refractivity contribution is 5.89. The van der Waals surface area contributed by atoms with Gasteiger partial charge in [0.05, 0.1) is 0 Å². The molecule has 2 aromatic rings. The fourth-order valence-corrected chi connectivity index (χ4v) is 1.56. The van der Waals surface area contributed by atoms with Crippen molar-refractivity contribution in [2.24, 2.45) is 0 Å². The van der Waals surface area contributed by atoms with Gasteiger partial charge < -0.3 is 10.6 Å². The number of hydrogen-bond donors (Lipinski definition) is 2. The first-order valence-electron chi connectivity index (χ1n) is 5.69. The minimum absolute atomic E-state index is 0.0633. The lowest BCUT2D eigenvalue weighted by Crippen LogP contribution is -2.28. The van der Waals surface area contributed by atoms with Gasteiger partial charge >= 0.3 is 6.03 Å². The van der Waals surface area contributed by atoms with Crippen LogP contribution in [-0.4, -0.2) is 6.03 Å². The molecule has 0 fully saturated rings. The smallest absolute Gasteiger partial charge is 0.319 e. The van der Waals surface area contributed by atoms with Crippen LogP contribution in [0.5, 0.6) is 0 Å². The van der Waals surface area contributed by atoms with Gasteiger partial charge in [0.25, 0.3) is 0 Å². The number of carbonyl (C=O) groups is 1. The van der Waals surface area contributed by atoms with Gasteiger partial charge in [0, 0.05) is 17.8 Å². The maximum absolute atomic E-state index is 13.3. The third kappa shape index (κ3) is 3.77. The third-order valence-corrected chi connectivity index (χ3v) is 2.48. The number of benzene rings is 2. The van der Waals surface area contributed by atoms with E-state index in [4.69, 9.17) is 0 Å². The Balaban J connectivity index is 1.90. The van der Waals surface area contributed by atoms with Gasteiger partial charge in [-0.1, -0.05) is 24.3 Å². The Morgan fingerprint density at radius 3 is 2.58 bits per heavy atom. The van der Waals surface area contributed by atoms with Gasteiger partial charge in [-0.15, -0.1) is 0 Å². The molecular formula is C14H12F2N2O. The summed E-state index contributed by atoms with van der Waals surface area (Å²) >= 11 is 0. The van der Waals surface area contributed by atoms with E-state index in [1.165, 1.54) is 24.3 Å². The first-order valence-corrected chi connectivity index (χ1v) is 5.69. The molecule has 0 aliphatic rings. The molecule has 0 unspecified atom stereocenters. The summed E-state index contributed by atoms with van der Waals surface area (Å²) in [6, 6.07) is 11.2. The predicted molar refractivity (Wildman–Crippen MR) is 68.7 cm³/mol. The topological polar surface area (TPSA) is 41.1 Å². The second-order valence-electron chi connectivity index (χ2n) is 3.91. The molecule has 0 saturated heterocycles. The molecule has 2 aromatic carbocycles. The molecule has 3 nitrogen and oxygen atoms in total. The summed E-state index contributed by atoms with van der Waals surface area (Å²) in [4.78, 5) is 11.5. The zero-order valence-electron chi connectivity index (χ0n) is 9.99. The molecule has 0 saturated carbocycles. The molecular weight excluding hydrogens is 250 g/mol. The molecule has 5 heteroatoms. The number of urea groups is 1. The normalized spacial score (nSPS) is 10.0. The average Bonchev–Trinajstić information content (AvgIpc) is 2.38. The number of rotatable bonds is 3. The van der Waals surface area contributed by atoms with E-state index in [-0.39, 0.29) is 12.4 Å². The maximum atomic E-state index is 13.3. The van der Waals surface area contributed by atoms with E-state index in [9.17, 15) is 13.6 Å². The lowest BCUT2D eigenvalue weighted by molar-refractivity contribution is 0.251. The van der Waals surface area contributed by atoms with Crippen molar-refractivity contribution in [3.8, 4) is 0 Å². The minimum Gasteiger partial charge on any atom is -0.334 e. The van der Waals surface area contributed by atoms with Crippen LogP contribution in [0, 0.1) is 11.6 Å². The monoisotopic (exact) mass is 262 g/mol. The van der Waals surface area contributed by atoms with Crippen molar-refractivity contribution in [2.75, 3.05) is 5.32 Å². The first-order chi connectivity index (χ1) is 9.15. The van der Waals surface area contributed by atoms with Gasteiger partial charge in [-0.2, -0.15) is 0 Å². The maximum Gasteiger partial charge on any atom is 0.319 e. The fourth-order valence-electron chi connectivity index (χ4n) is 1.56. The molecule has 2 amide bonds. The van der Waals surface area contributed by atoms with Gasteiger partial charge in [0.15, 0.2) is 0 Å². The Morgan fingerprint density at radius 1 is 1.05 bits per heavy atom. The second kappa shape index (κ2) is 5.95. The van der Waals surface area contributed by atoms with Crippen LogP contribution in [0.2, 0.25) is 0 Å². The van der Waals surface area contributed by atoms with Crippen molar-refractivity contribution in [3.63, 3.8) is 0 Å². The lowest BCUT2D eigenvalue weighted by atomic mass is 10.2. The summed E-state index contributed by atoms with van der Waals surface area (Å²) in [6.45, 7) is 0.0633. The Labute approximate surface area is 109 Å². The van der Waals surface area contributed by atoms with Gasteiger partial charge in [-0.25, -0.2) is 13.6 Å². The molecule has 0 atom stereocenters. The average molecular weight is 262 g/mol. The van der Waals surface area contributed by atoms with Crippen LogP contribution >= 0.6 is 0 Å². The van der Waals surface area contributed by atoms with Crippen molar-refractivity contribution in [2.45, 2.75) is 6.54 Å². The molecule has 2 N–H and O–H groups in total. The number of anilines is 1. The van der Waals surface area contributed by atoms with Gasteiger partial charge in [-0.05, 0) is 24.3 Å². The number of halogens is 2. The second-order valence-corrected chi connectivity index (χ2v) is 3.91. The van der Waals surface area contributed by atoms with Crippen molar-refractivity contribution in [1.82, 2.24) is 5.32 Å². The van der Waals surface area contributed by atoms with Crippen molar-refractivity contribution >= 4 is 11.7 Å². The molecule has 0 bridgehead atoms. The molecule has 19 heavy (non-hydrogen) atoms. The van der Waals surface area contributed by atoms with E-state index < -0.39 is 11.8 Å². The van der Waals surface area contributed by atoms with Crippen LogP contribution in [-0.2, 0) is 6.54 Å². The number of nitrogens with one attached hydrogen (secondary N) is 2. The Morgan fingerprint density at radius 2 is 1.84 bits per heavy atom. The highest BCUT2D eigenvalue weighted by Crippen LogP contribution is 2.09. The van der Waals surface area contributed by atoms with E-state index in [0.29, 0.717) is 11.3 Å². The van der Waals surface area contributed by atoms with Crippen LogP contribution in [0.15, 0.2) is 48.5 Å². The summed E-state index contributed by atoms with van der Waals surface area (Å²) in [7, 11) is 0. The Bertz CT molecular complexity index is 587. The highest BCUT2D eigenvalue weighted by Gasteiger charge is 2.04. The molecule has 0 aliphatic carbocycles. The van der Waals surface area contributed by atoms with Crippen LogP contribution in [0.3, 0.4) is 0 Å². The first kappa shape index (κ1) is 13.0. The van der Waals surface area contributed by atoms with Crippen LogP contribution in [0.4, 0.5) is 19.3 Å². The molecule has 0 aromatic heterocycles. The van der Waals surface area contributed by atoms with E-state index in [1.807, 2.05) is 0 Å². The predicted octanol–water partition coefficient (Wildman–Crippen LogP) is 3.29. The Kier molecular flexibility index (Phi) is 4.07. The van der Waals surface area contributed by atoms with Crippen LogP contribution in [0.25, 0.3) is 0 Å². The summed E-state index contributed by atoms with van der Waals surface area (Å²) in [5, 5.41) is 4.96. The summed E-state index contributed by atoms with van der Waals surface area (Å²) in [6.07, 6.45) is 0. The third-order valence-electron chi connectivity index (χ3n) is 2.48. The van der Waals surface area contributed by atoms with E-state index in [1.54, 1.807) is 24.3 Å². The molecule has 0 aliphatic heterocycles. The fraction of sp³-hybridized carbons (Fsp3) is 0.0714. The number of hydrogen-bond acceptors (Lipinski definition) is 1. The summed E-state index contributed by atoms with van der Waals surface area (Å²) < 4.78 is 26.2. The lowest BCUT2D eigenvalue weighted by Gasteiger charge is -2.08. The summed E-state index contributed by atoms with van der Waals surface area (Å²) in [5.74, 6) is -0.819. The van der Waals surface area contributed by atoms with Gasteiger partial charge in [0.1, 0.15) is 11.6 Å². The van der Waals surface area contributed by atoms with Gasteiger partial charge in [-0.3, -0.25) is 0 Å². The van der Waals surface area contributed by atoms with E-state index in [2.05, 4.69) is 10.6 Å². The van der Waals surface area contributed by atoms with Crippen molar-refractivity contribution < 1.29 is 13.6 Å². The van der Waals surface area contributed by atoms with Crippen LogP contribution < -0.4 is 10.6 Å². The van der Waals surface area contributed by atoms with Crippen molar-refractivity contribution in [1.29, 1.82) is 0 Å². The number of carbonyl (C=O) groups excluding carboxylic acids is 1. The molecule has 0 heterocycles. The molecule has 0 spiro atoms. The quantitative estimate of drug-likeness (QED) is 0.875. The molecule has 0 radical (unpaired) electrons. The largest absolute Gasteiger partial charge is 0.334 e. The number of amides is 2. The van der Waals surface area contributed by atoms with E-state index >= 15 is 0 Å². The minimum atomic E-state index is -0.520. The van der Waals surface area contributed by atoms with Gasteiger partial charge in [0.2, 0.25) is 0 Å². The Hall–Kier alpha value is -2.43. The summed E-state index contributed by atoms with van der Waals surface area (Å²) in [5.41, 5.74) is 0.725. The van der Waals surface area contributed by atoms with Crippen molar-refractivity contribution in [3.05, 3.63) is 65.7 Å². The molecule has 98 valence electrons. The SMILES string of the molecule is O=C(NCc1ccccc1F)Nc1cccc(F)c1. The standard InChI is InChI=1S/C14H12F2N2O/c15-11-5-3-6-12(8-11)18-14(19)17-9-10-4-1-2-7-13(10)16/h1-8H,9H2,(H2,17,18,19). The van der Waals surface area contributed by atoms with E-state index in [0.717, 1.165) is 0 Å². The zero-order chi connectivity index (χ0) is 13.7. The zero-order valence-corrected chi connectivity index (χ0v) is 9.99. The highest BCUT2D eigenvalue weighted by atomic mass is 19.1. The molecule has 2 rings (SSSR count). The van der Waals surface area contributed by atoms with Crippen LogP contribution in [0.1, 0.15) is 5.56 Å².